The SMILES string of the molecule is CC1CCN([C@@H](Cc2ccccc2)C(=O)O)C(=O)[C@@H](NC(=O)C(S)CCCCN2C(=O)c3ccccc3C2=O)C1. The molecule has 2 N–H and O–H groups in total. The molecule has 2 unspecified atom stereocenters. The van der Waals surface area contributed by atoms with E-state index in [-0.39, 0.29) is 30.7 Å². The van der Waals surface area contributed by atoms with E-state index < -0.39 is 35.1 Å². The molecule has 0 radical (unpaired) electrons. The number of rotatable bonds is 11. The molecule has 2 aliphatic rings. The first kappa shape index (κ1) is 29.3. The minimum absolute atomic E-state index is 0.114. The first-order valence-corrected chi connectivity index (χ1v) is 14.2. The van der Waals surface area contributed by atoms with Crippen LogP contribution in [0.3, 0.4) is 0 Å². The van der Waals surface area contributed by atoms with E-state index in [1.165, 1.54) is 9.80 Å². The highest BCUT2D eigenvalue weighted by atomic mass is 32.1. The number of carboxylic acid groups (broad SMARTS) is 1. The molecule has 1 saturated heterocycles. The summed E-state index contributed by atoms with van der Waals surface area (Å²) in [6.07, 6.45) is 2.69. The number of imide groups is 1. The predicted molar refractivity (Wildman–Crippen MR) is 152 cm³/mol. The zero-order valence-electron chi connectivity index (χ0n) is 22.5. The van der Waals surface area contributed by atoms with Gasteiger partial charge < -0.3 is 15.3 Å². The molecule has 212 valence electrons. The zero-order chi connectivity index (χ0) is 28.8. The summed E-state index contributed by atoms with van der Waals surface area (Å²) < 4.78 is 0. The smallest absolute Gasteiger partial charge is 0.326 e. The maximum absolute atomic E-state index is 13.5. The Bertz CT molecular complexity index is 1230. The Hall–Kier alpha value is -3.66. The molecule has 2 aromatic rings. The number of carbonyl (C=O) groups is 5. The lowest BCUT2D eigenvalue weighted by Crippen LogP contribution is -2.54. The van der Waals surface area contributed by atoms with Gasteiger partial charge in [-0.1, -0.05) is 55.8 Å². The minimum atomic E-state index is -1.08. The molecule has 40 heavy (non-hydrogen) atoms. The van der Waals surface area contributed by atoms with Crippen molar-refractivity contribution >= 4 is 42.2 Å². The number of nitrogens with zero attached hydrogens (tertiary/aromatic N) is 2. The monoisotopic (exact) mass is 565 g/mol. The van der Waals surface area contributed by atoms with Gasteiger partial charge in [-0.05, 0) is 49.3 Å². The highest BCUT2D eigenvalue weighted by molar-refractivity contribution is 7.81. The van der Waals surface area contributed by atoms with E-state index in [1.807, 2.05) is 37.3 Å². The maximum atomic E-state index is 13.5. The summed E-state index contributed by atoms with van der Waals surface area (Å²) in [5.41, 5.74) is 1.63. The van der Waals surface area contributed by atoms with E-state index in [0.717, 1.165) is 5.56 Å². The molecule has 4 atom stereocenters. The summed E-state index contributed by atoms with van der Waals surface area (Å²) in [4.78, 5) is 66.3. The molecule has 4 rings (SSSR count). The Labute approximate surface area is 239 Å². The van der Waals surface area contributed by atoms with Gasteiger partial charge in [0.05, 0.1) is 16.4 Å². The van der Waals surface area contributed by atoms with Crippen molar-refractivity contribution in [1.29, 1.82) is 0 Å². The van der Waals surface area contributed by atoms with E-state index >= 15 is 0 Å². The van der Waals surface area contributed by atoms with E-state index in [0.29, 0.717) is 49.8 Å². The van der Waals surface area contributed by atoms with Crippen LogP contribution in [0.4, 0.5) is 0 Å². The lowest BCUT2D eigenvalue weighted by atomic mass is 10.00. The van der Waals surface area contributed by atoms with E-state index in [9.17, 15) is 29.1 Å². The largest absolute Gasteiger partial charge is 0.480 e. The highest BCUT2D eigenvalue weighted by Gasteiger charge is 2.38. The molecule has 0 spiro atoms. The third kappa shape index (κ3) is 6.72. The number of hydrogen-bond acceptors (Lipinski definition) is 6. The Balaban J connectivity index is 1.31. The number of nitrogens with one attached hydrogen (secondary N) is 1. The fraction of sp³-hybridized carbons (Fsp3) is 0.433. The summed E-state index contributed by atoms with van der Waals surface area (Å²) in [5, 5.41) is 12.1. The Morgan fingerprint density at radius 1 is 1.00 bits per heavy atom. The lowest BCUT2D eigenvalue weighted by Gasteiger charge is -2.30. The van der Waals surface area contributed by atoms with Crippen LogP contribution >= 0.6 is 12.6 Å². The number of benzene rings is 2. The average molecular weight is 566 g/mol. The Morgan fingerprint density at radius 3 is 2.25 bits per heavy atom. The molecule has 0 aromatic heterocycles. The van der Waals surface area contributed by atoms with E-state index in [1.54, 1.807) is 24.3 Å². The molecule has 0 saturated carbocycles. The summed E-state index contributed by atoms with van der Waals surface area (Å²) in [6, 6.07) is 14.0. The number of likely N-dealkylation sites (tertiary alicyclic amines) is 1. The van der Waals surface area contributed by atoms with Crippen LogP contribution < -0.4 is 5.32 Å². The Kier molecular flexibility index (Phi) is 9.63. The molecule has 10 heteroatoms. The van der Waals surface area contributed by atoms with Crippen molar-refractivity contribution in [2.75, 3.05) is 13.1 Å². The van der Waals surface area contributed by atoms with Crippen LogP contribution in [-0.4, -0.2) is 74.9 Å². The van der Waals surface area contributed by atoms with Gasteiger partial charge in [0, 0.05) is 19.5 Å². The second-order valence-electron chi connectivity index (χ2n) is 10.6. The van der Waals surface area contributed by atoms with Crippen molar-refractivity contribution in [1.82, 2.24) is 15.1 Å². The van der Waals surface area contributed by atoms with Crippen LogP contribution in [0.5, 0.6) is 0 Å². The van der Waals surface area contributed by atoms with Gasteiger partial charge >= 0.3 is 5.97 Å². The summed E-state index contributed by atoms with van der Waals surface area (Å²) in [7, 11) is 0. The predicted octanol–water partition coefficient (Wildman–Crippen LogP) is 3.19. The zero-order valence-corrected chi connectivity index (χ0v) is 23.4. The number of unbranched alkanes of at least 4 members (excludes halogenated alkanes) is 1. The molecule has 2 aromatic carbocycles. The number of hydrogen-bond donors (Lipinski definition) is 3. The van der Waals surface area contributed by atoms with Gasteiger partial charge in [0.2, 0.25) is 11.8 Å². The van der Waals surface area contributed by atoms with Crippen molar-refractivity contribution in [3.63, 3.8) is 0 Å². The van der Waals surface area contributed by atoms with Crippen molar-refractivity contribution < 1.29 is 29.1 Å². The number of aliphatic carboxylic acids is 1. The normalized spacial score (nSPS) is 20.6. The van der Waals surface area contributed by atoms with Crippen LogP contribution in [0.2, 0.25) is 0 Å². The van der Waals surface area contributed by atoms with Gasteiger partial charge in [-0.15, -0.1) is 0 Å². The first-order valence-electron chi connectivity index (χ1n) is 13.7. The van der Waals surface area contributed by atoms with E-state index in [4.69, 9.17) is 0 Å². The van der Waals surface area contributed by atoms with Crippen LogP contribution in [0, 0.1) is 5.92 Å². The molecule has 4 amide bonds. The molecule has 2 aliphatic heterocycles. The third-order valence-electron chi connectivity index (χ3n) is 7.62. The topological polar surface area (TPSA) is 124 Å². The number of amides is 4. The number of fused-ring (bicyclic) bond motifs is 1. The molecule has 2 heterocycles. The van der Waals surface area contributed by atoms with Gasteiger partial charge in [-0.25, -0.2) is 4.79 Å². The highest BCUT2D eigenvalue weighted by Crippen LogP contribution is 2.24. The van der Waals surface area contributed by atoms with Crippen molar-refractivity contribution in [2.24, 2.45) is 5.92 Å². The van der Waals surface area contributed by atoms with Crippen molar-refractivity contribution in [2.45, 2.75) is 62.8 Å². The van der Waals surface area contributed by atoms with Gasteiger partial charge in [-0.2, -0.15) is 12.6 Å². The fourth-order valence-electron chi connectivity index (χ4n) is 5.34. The van der Waals surface area contributed by atoms with Gasteiger partial charge in [-0.3, -0.25) is 24.1 Å². The Morgan fingerprint density at radius 2 is 1.62 bits per heavy atom. The quantitative estimate of drug-likeness (QED) is 0.218. The average Bonchev–Trinajstić information content (AvgIpc) is 3.09. The van der Waals surface area contributed by atoms with Gasteiger partial charge in [0.25, 0.3) is 11.8 Å². The van der Waals surface area contributed by atoms with E-state index in [2.05, 4.69) is 17.9 Å². The van der Waals surface area contributed by atoms with Crippen LogP contribution in [-0.2, 0) is 20.8 Å². The molecule has 1 fully saturated rings. The standard InChI is InChI=1S/C30H35N3O6S/c1-19-14-16-32(24(30(38)39)18-20-9-3-2-4-10-20)29(37)23(17-19)31-26(34)25(40)13-7-8-15-33-27(35)21-11-5-6-12-22(21)28(33)36/h2-6,9-12,19,23-25,40H,7-8,13-18H2,1H3,(H,31,34)(H,38,39)/t19?,23-,24-,25?/m0/s1. The van der Waals surface area contributed by atoms with Crippen LogP contribution in [0.25, 0.3) is 0 Å². The number of carbonyl (C=O) groups excluding carboxylic acids is 4. The van der Waals surface area contributed by atoms with Crippen LogP contribution in [0.15, 0.2) is 54.6 Å². The third-order valence-corrected chi connectivity index (χ3v) is 8.11. The van der Waals surface area contributed by atoms with Crippen LogP contribution in [0.1, 0.15) is 65.3 Å². The van der Waals surface area contributed by atoms with Gasteiger partial charge in [0.15, 0.2) is 0 Å². The lowest BCUT2D eigenvalue weighted by molar-refractivity contribution is -0.151. The van der Waals surface area contributed by atoms with Gasteiger partial charge in [0.1, 0.15) is 12.1 Å². The fourth-order valence-corrected chi connectivity index (χ4v) is 5.60. The first-order chi connectivity index (χ1) is 19.2. The van der Waals surface area contributed by atoms with Crippen molar-refractivity contribution in [3.8, 4) is 0 Å². The summed E-state index contributed by atoms with van der Waals surface area (Å²) >= 11 is 4.45. The molecular weight excluding hydrogens is 530 g/mol. The number of thiol groups is 1. The molecular formula is C30H35N3O6S. The summed E-state index contributed by atoms with van der Waals surface area (Å²) in [6.45, 7) is 2.54. The molecule has 0 bridgehead atoms. The maximum Gasteiger partial charge on any atom is 0.326 e. The second kappa shape index (κ2) is 13.1. The molecule has 9 nitrogen and oxygen atoms in total. The second-order valence-corrected chi connectivity index (χ2v) is 11.2. The minimum Gasteiger partial charge on any atom is -0.480 e. The molecule has 0 aliphatic carbocycles. The van der Waals surface area contributed by atoms with Crippen molar-refractivity contribution in [3.05, 3.63) is 71.3 Å². The summed E-state index contributed by atoms with van der Waals surface area (Å²) in [5.74, 6) is -2.37. The number of carboxylic acids is 1.